The standard InChI is InChI=1S/C27H31N3O3/c1-18(2)16-24(22-10-8-21(9-11-22)20-6-4-19(3)5-7-20)30-25-13-12-23(17-29-25)27(33)28-15-14-26(31)32/h4-13,17-18,24H,14-16H2,1-3H3,(H,28,33)(H,29,30)(H,31,32). The predicted octanol–water partition coefficient (Wildman–Crippen LogP) is 5.46. The molecule has 0 spiro atoms. The van der Waals surface area contributed by atoms with Gasteiger partial charge in [-0.15, -0.1) is 0 Å². The Labute approximate surface area is 195 Å². The van der Waals surface area contributed by atoms with E-state index < -0.39 is 5.97 Å². The van der Waals surface area contributed by atoms with Gasteiger partial charge in [-0.25, -0.2) is 4.98 Å². The zero-order valence-electron chi connectivity index (χ0n) is 19.3. The Hall–Kier alpha value is -3.67. The monoisotopic (exact) mass is 445 g/mol. The summed E-state index contributed by atoms with van der Waals surface area (Å²) in [5, 5.41) is 14.8. The van der Waals surface area contributed by atoms with Gasteiger partial charge in [0.05, 0.1) is 18.0 Å². The molecule has 3 N–H and O–H groups in total. The number of nitrogens with zero attached hydrogens (tertiary/aromatic N) is 1. The number of carbonyl (C=O) groups excluding carboxylic acids is 1. The van der Waals surface area contributed by atoms with Crippen LogP contribution < -0.4 is 10.6 Å². The van der Waals surface area contributed by atoms with Crippen LogP contribution in [0.1, 0.15) is 54.2 Å². The maximum atomic E-state index is 12.1. The number of carbonyl (C=O) groups is 2. The SMILES string of the molecule is Cc1ccc(-c2ccc(C(CC(C)C)Nc3ccc(C(=O)NCCC(=O)O)cn3)cc2)cc1. The van der Waals surface area contributed by atoms with Crippen molar-refractivity contribution in [2.24, 2.45) is 5.92 Å². The van der Waals surface area contributed by atoms with Crippen LogP contribution in [0.2, 0.25) is 0 Å². The highest BCUT2D eigenvalue weighted by atomic mass is 16.4. The number of carboxylic acid groups (broad SMARTS) is 1. The molecule has 2 aromatic carbocycles. The second kappa shape index (κ2) is 11.3. The lowest BCUT2D eigenvalue weighted by molar-refractivity contribution is -0.136. The first-order valence-corrected chi connectivity index (χ1v) is 11.2. The minimum absolute atomic E-state index is 0.0832. The third kappa shape index (κ3) is 7.17. The lowest BCUT2D eigenvalue weighted by Crippen LogP contribution is -2.26. The molecular formula is C27H31N3O3. The Morgan fingerprint density at radius 3 is 2.12 bits per heavy atom. The number of aromatic nitrogens is 1. The topological polar surface area (TPSA) is 91.3 Å². The predicted molar refractivity (Wildman–Crippen MR) is 131 cm³/mol. The second-order valence-electron chi connectivity index (χ2n) is 8.65. The highest BCUT2D eigenvalue weighted by Crippen LogP contribution is 2.28. The Bertz CT molecular complexity index is 1060. The lowest BCUT2D eigenvalue weighted by atomic mass is 9.95. The molecule has 0 saturated carbocycles. The van der Waals surface area contributed by atoms with Gasteiger partial charge in [0, 0.05) is 12.7 Å². The Balaban J connectivity index is 1.69. The van der Waals surface area contributed by atoms with E-state index in [1.165, 1.54) is 28.5 Å². The minimum Gasteiger partial charge on any atom is -0.481 e. The number of carboxylic acids is 1. The molecule has 1 atom stereocenters. The summed E-state index contributed by atoms with van der Waals surface area (Å²) in [6.07, 6.45) is 2.33. The van der Waals surface area contributed by atoms with Gasteiger partial charge in [-0.05, 0) is 48.1 Å². The van der Waals surface area contributed by atoms with Gasteiger partial charge in [-0.3, -0.25) is 9.59 Å². The molecule has 3 aromatic rings. The van der Waals surface area contributed by atoms with Crippen LogP contribution in [0, 0.1) is 12.8 Å². The Morgan fingerprint density at radius 1 is 0.939 bits per heavy atom. The number of anilines is 1. The van der Waals surface area contributed by atoms with Gasteiger partial charge in [0.25, 0.3) is 5.91 Å². The smallest absolute Gasteiger partial charge is 0.305 e. The molecule has 0 radical (unpaired) electrons. The normalized spacial score (nSPS) is 11.8. The largest absolute Gasteiger partial charge is 0.481 e. The molecule has 0 aliphatic heterocycles. The van der Waals surface area contributed by atoms with Crippen LogP contribution in [0.15, 0.2) is 66.9 Å². The van der Waals surface area contributed by atoms with Crippen molar-refractivity contribution in [1.29, 1.82) is 0 Å². The number of aliphatic carboxylic acids is 1. The third-order valence-corrected chi connectivity index (χ3v) is 5.38. The maximum Gasteiger partial charge on any atom is 0.305 e. The molecule has 1 amide bonds. The molecule has 33 heavy (non-hydrogen) atoms. The van der Waals surface area contributed by atoms with Crippen molar-refractivity contribution in [3.8, 4) is 11.1 Å². The van der Waals surface area contributed by atoms with Crippen molar-refractivity contribution < 1.29 is 14.7 Å². The fourth-order valence-corrected chi connectivity index (χ4v) is 3.58. The number of benzene rings is 2. The molecule has 0 aliphatic rings. The lowest BCUT2D eigenvalue weighted by Gasteiger charge is -2.22. The number of hydrogen-bond donors (Lipinski definition) is 3. The number of aryl methyl sites for hydroxylation is 1. The molecule has 0 saturated heterocycles. The summed E-state index contributed by atoms with van der Waals surface area (Å²) in [5.74, 6) is -0.110. The quantitative estimate of drug-likeness (QED) is 0.385. The molecule has 1 unspecified atom stereocenters. The van der Waals surface area contributed by atoms with E-state index in [9.17, 15) is 9.59 Å². The summed E-state index contributed by atoms with van der Waals surface area (Å²) in [4.78, 5) is 27.1. The van der Waals surface area contributed by atoms with Crippen LogP contribution in [-0.4, -0.2) is 28.5 Å². The fourth-order valence-electron chi connectivity index (χ4n) is 3.58. The number of nitrogens with one attached hydrogen (secondary N) is 2. The van der Waals surface area contributed by atoms with Crippen LogP contribution in [0.4, 0.5) is 5.82 Å². The molecule has 0 aliphatic carbocycles. The van der Waals surface area contributed by atoms with E-state index in [2.05, 4.69) is 84.9 Å². The molecule has 6 heteroatoms. The van der Waals surface area contributed by atoms with Crippen LogP contribution in [0.25, 0.3) is 11.1 Å². The van der Waals surface area contributed by atoms with Gasteiger partial charge in [0.1, 0.15) is 5.82 Å². The summed E-state index contributed by atoms with van der Waals surface area (Å²) in [6.45, 7) is 6.55. The zero-order valence-corrected chi connectivity index (χ0v) is 19.3. The first-order valence-electron chi connectivity index (χ1n) is 11.2. The molecule has 1 heterocycles. The van der Waals surface area contributed by atoms with Gasteiger partial charge in [0.15, 0.2) is 0 Å². The Kier molecular flexibility index (Phi) is 8.19. The highest BCUT2D eigenvalue weighted by Gasteiger charge is 2.15. The molecule has 3 rings (SSSR count). The van der Waals surface area contributed by atoms with Gasteiger partial charge >= 0.3 is 5.97 Å². The maximum absolute atomic E-state index is 12.1. The molecule has 0 fully saturated rings. The van der Waals surface area contributed by atoms with E-state index in [4.69, 9.17) is 5.11 Å². The number of hydrogen-bond acceptors (Lipinski definition) is 4. The van der Waals surface area contributed by atoms with E-state index in [1.54, 1.807) is 12.1 Å². The first-order chi connectivity index (χ1) is 15.8. The third-order valence-electron chi connectivity index (χ3n) is 5.38. The number of amides is 1. The van der Waals surface area contributed by atoms with Crippen LogP contribution >= 0.6 is 0 Å². The first kappa shape index (κ1) is 24.0. The number of rotatable bonds is 10. The van der Waals surface area contributed by atoms with Crippen molar-refractivity contribution in [1.82, 2.24) is 10.3 Å². The highest BCUT2D eigenvalue weighted by molar-refractivity contribution is 5.94. The van der Waals surface area contributed by atoms with Crippen molar-refractivity contribution in [3.05, 3.63) is 83.6 Å². The van der Waals surface area contributed by atoms with E-state index >= 15 is 0 Å². The van der Waals surface area contributed by atoms with Crippen molar-refractivity contribution in [3.63, 3.8) is 0 Å². The number of pyridine rings is 1. The van der Waals surface area contributed by atoms with E-state index in [1.807, 2.05) is 0 Å². The minimum atomic E-state index is -0.948. The summed E-state index contributed by atoms with van der Waals surface area (Å²) >= 11 is 0. The molecule has 172 valence electrons. The Morgan fingerprint density at radius 2 is 1.58 bits per heavy atom. The van der Waals surface area contributed by atoms with E-state index in [0.717, 1.165) is 6.42 Å². The van der Waals surface area contributed by atoms with E-state index in [-0.39, 0.29) is 24.9 Å². The average molecular weight is 446 g/mol. The summed E-state index contributed by atoms with van der Waals surface area (Å²) in [6, 6.07) is 20.7. The van der Waals surface area contributed by atoms with Crippen LogP contribution in [0.5, 0.6) is 0 Å². The molecule has 6 nitrogen and oxygen atoms in total. The summed E-state index contributed by atoms with van der Waals surface area (Å²) in [5.41, 5.74) is 5.19. The molecule has 1 aromatic heterocycles. The van der Waals surface area contributed by atoms with Crippen LogP contribution in [-0.2, 0) is 4.79 Å². The molecular weight excluding hydrogens is 414 g/mol. The van der Waals surface area contributed by atoms with Crippen molar-refractivity contribution >= 4 is 17.7 Å². The van der Waals surface area contributed by atoms with Crippen molar-refractivity contribution in [2.45, 2.75) is 39.7 Å². The van der Waals surface area contributed by atoms with Crippen molar-refractivity contribution in [2.75, 3.05) is 11.9 Å². The zero-order chi connectivity index (χ0) is 23.8. The second-order valence-corrected chi connectivity index (χ2v) is 8.65. The van der Waals surface area contributed by atoms with E-state index in [0.29, 0.717) is 17.3 Å². The van der Waals surface area contributed by atoms with Gasteiger partial charge in [-0.1, -0.05) is 67.9 Å². The summed E-state index contributed by atoms with van der Waals surface area (Å²) < 4.78 is 0. The van der Waals surface area contributed by atoms with Gasteiger partial charge in [0.2, 0.25) is 0 Å². The van der Waals surface area contributed by atoms with Crippen LogP contribution in [0.3, 0.4) is 0 Å². The average Bonchev–Trinajstić information content (AvgIpc) is 2.79. The summed E-state index contributed by atoms with van der Waals surface area (Å²) in [7, 11) is 0. The van der Waals surface area contributed by atoms with Gasteiger partial charge in [-0.2, -0.15) is 0 Å². The van der Waals surface area contributed by atoms with Gasteiger partial charge < -0.3 is 15.7 Å². The molecule has 0 bridgehead atoms. The fraction of sp³-hybridized carbons (Fsp3) is 0.296.